The van der Waals surface area contributed by atoms with Crippen molar-refractivity contribution in [3.8, 4) is 5.75 Å². The second-order valence-electron chi connectivity index (χ2n) is 6.89. The predicted octanol–water partition coefficient (Wildman–Crippen LogP) is 3.80. The molecule has 1 amide bonds. The summed E-state index contributed by atoms with van der Waals surface area (Å²) in [6.07, 6.45) is 1.89. The van der Waals surface area contributed by atoms with Gasteiger partial charge in [0.1, 0.15) is 5.75 Å². The summed E-state index contributed by atoms with van der Waals surface area (Å²) >= 11 is 1.47. The van der Waals surface area contributed by atoms with Crippen LogP contribution in [0, 0.1) is 6.92 Å². The van der Waals surface area contributed by atoms with Crippen LogP contribution in [-0.4, -0.2) is 49.3 Å². The highest BCUT2D eigenvalue weighted by Gasteiger charge is 2.28. The van der Waals surface area contributed by atoms with Gasteiger partial charge in [0.25, 0.3) is 5.91 Å². The zero-order chi connectivity index (χ0) is 19.5. The maximum absolute atomic E-state index is 12.3. The Kier molecular flexibility index (Phi) is 5.39. The lowest BCUT2D eigenvalue weighted by Gasteiger charge is -2.36. The fourth-order valence-corrected chi connectivity index (χ4v) is 4.26. The Morgan fingerprint density at radius 3 is 2.25 bits per heavy atom. The van der Waals surface area contributed by atoms with Crippen molar-refractivity contribution in [3.63, 3.8) is 0 Å². The summed E-state index contributed by atoms with van der Waals surface area (Å²) in [5.41, 5.74) is 3.49. The molecule has 2 aliphatic heterocycles. The van der Waals surface area contributed by atoms with Crippen molar-refractivity contribution in [3.05, 3.63) is 64.6 Å². The molecule has 2 aromatic rings. The molecule has 0 aromatic heterocycles. The molecule has 0 unspecified atom stereocenters. The number of hydrogen-bond acceptors (Lipinski definition) is 5. The SMILES string of the molecule is COc1ccc(C=C2SC(N3CCN(c4ccc(C)cc4)CC3)=NC2=O)cc1. The van der Waals surface area contributed by atoms with E-state index in [0.717, 1.165) is 42.7 Å². The number of aryl methyl sites for hydroxylation is 1. The summed E-state index contributed by atoms with van der Waals surface area (Å²) in [5.74, 6) is 0.646. The summed E-state index contributed by atoms with van der Waals surface area (Å²) in [6, 6.07) is 16.3. The number of hydrogen-bond donors (Lipinski definition) is 0. The van der Waals surface area contributed by atoms with Gasteiger partial charge in [0.05, 0.1) is 12.0 Å². The fourth-order valence-electron chi connectivity index (χ4n) is 3.30. The average molecular weight is 394 g/mol. The lowest BCUT2D eigenvalue weighted by atomic mass is 10.2. The number of carbonyl (C=O) groups excluding carboxylic acids is 1. The van der Waals surface area contributed by atoms with E-state index >= 15 is 0 Å². The standard InChI is InChI=1S/C22H23N3O2S/c1-16-3-7-18(8-4-16)24-11-13-25(14-12-24)22-23-21(26)20(28-22)15-17-5-9-19(27-2)10-6-17/h3-10,15H,11-14H2,1-2H3. The zero-order valence-corrected chi connectivity index (χ0v) is 16.9. The van der Waals surface area contributed by atoms with Gasteiger partial charge in [-0.25, -0.2) is 0 Å². The molecule has 0 spiro atoms. The molecule has 0 N–H and O–H groups in total. The van der Waals surface area contributed by atoms with E-state index in [9.17, 15) is 4.79 Å². The summed E-state index contributed by atoms with van der Waals surface area (Å²) in [4.78, 5) is 21.9. The molecule has 0 atom stereocenters. The number of benzene rings is 2. The summed E-state index contributed by atoms with van der Waals surface area (Å²) in [6.45, 7) is 5.68. The Hall–Kier alpha value is -2.73. The third-order valence-electron chi connectivity index (χ3n) is 4.97. The molecular weight excluding hydrogens is 370 g/mol. The predicted molar refractivity (Wildman–Crippen MR) is 116 cm³/mol. The second kappa shape index (κ2) is 8.10. The number of methoxy groups -OCH3 is 1. The minimum atomic E-state index is -0.156. The number of anilines is 1. The van der Waals surface area contributed by atoms with Crippen LogP contribution in [0.5, 0.6) is 5.75 Å². The van der Waals surface area contributed by atoms with Crippen LogP contribution in [0.4, 0.5) is 5.69 Å². The maximum atomic E-state index is 12.3. The minimum absolute atomic E-state index is 0.156. The molecule has 6 heteroatoms. The molecule has 144 valence electrons. The van der Waals surface area contributed by atoms with Crippen molar-refractivity contribution in [2.45, 2.75) is 6.92 Å². The molecule has 2 aliphatic rings. The Balaban J connectivity index is 1.38. The van der Waals surface area contributed by atoms with Gasteiger partial charge in [-0.2, -0.15) is 4.99 Å². The van der Waals surface area contributed by atoms with Gasteiger partial charge in [0.2, 0.25) is 0 Å². The highest BCUT2D eigenvalue weighted by Crippen LogP contribution is 2.31. The van der Waals surface area contributed by atoms with Gasteiger partial charge in [-0.05, 0) is 54.6 Å². The molecule has 0 bridgehead atoms. The normalized spacial score (nSPS) is 18.6. The summed E-state index contributed by atoms with van der Waals surface area (Å²) in [7, 11) is 1.64. The van der Waals surface area contributed by atoms with Gasteiger partial charge in [0, 0.05) is 31.9 Å². The smallest absolute Gasteiger partial charge is 0.286 e. The number of rotatable bonds is 3. The Morgan fingerprint density at radius 1 is 0.964 bits per heavy atom. The first-order chi connectivity index (χ1) is 13.6. The minimum Gasteiger partial charge on any atom is -0.497 e. The quantitative estimate of drug-likeness (QED) is 0.743. The highest BCUT2D eigenvalue weighted by atomic mass is 32.2. The number of carbonyl (C=O) groups is 1. The molecule has 2 aromatic carbocycles. The number of aliphatic imine (C=N–C) groups is 1. The van der Waals surface area contributed by atoms with Crippen LogP contribution in [0.25, 0.3) is 6.08 Å². The van der Waals surface area contributed by atoms with E-state index < -0.39 is 0 Å². The van der Waals surface area contributed by atoms with E-state index in [0.29, 0.717) is 4.91 Å². The van der Waals surface area contributed by atoms with Gasteiger partial charge >= 0.3 is 0 Å². The van der Waals surface area contributed by atoms with Crippen LogP contribution >= 0.6 is 11.8 Å². The van der Waals surface area contributed by atoms with Crippen LogP contribution in [0.1, 0.15) is 11.1 Å². The van der Waals surface area contributed by atoms with Crippen molar-refractivity contribution in [1.29, 1.82) is 0 Å². The molecule has 4 rings (SSSR count). The van der Waals surface area contributed by atoms with Crippen LogP contribution < -0.4 is 9.64 Å². The largest absolute Gasteiger partial charge is 0.497 e. The average Bonchev–Trinajstić information content (AvgIpc) is 3.09. The Labute approximate surface area is 169 Å². The summed E-state index contributed by atoms with van der Waals surface area (Å²) in [5, 5.41) is 0.813. The van der Waals surface area contributed by atoms with Crippen LogP contribution in [0.3, 0.4) is 0 Å². The monoisotopic (exact) mass is 393 g/mol. The molecule has 0 aliphatic carbocycles. The number of piperazine rings is 1. The zero-order valence-electron chi connectivity index (χ0n) is 16.1. The number of nitrogens with zero attached hydrogens (tertiary/aromatic N) is 3. The van der Waals surface area contributed by atoms with Gasteiger partial charge < -0.3 is 14.5 Å². The van der Waals surface area contributed by atoms with E-state index in [2.05, 4.69) is 46.0 Å². The number of amidine groups is 1. The first-order valence-electron chi connectivity index (χ1n) is 9.35. The van der Waals surface area contributed by atoms with Crippen molar-refractivity contribution < 1.29 is 9.53 Å². The molecule has 0 saturated carbocycles. The third kappa shape index (κ3) is 4.07. The van der Waals surface area contributed by atoms with Gasteiger partial charge in [-0.15, -0.1) is 0 Å². The second-order valence-corrected chi connectivity index (χ2v) is 7.90. The van der Waals surface area contributed by atoms with Crippen molar-refractivity contribution in [2.75, 3.05) is 38.2 Å². The van der Waals surface area contributed by atoms with E-state index in [1.54, 1.807) is 7.11 Å². The molecule has 0 radical (unpaired) electrons. The van der Waals surface area contributed by atoms with Gasteiger partial charge in [-0.1, -0.05) is 29.8 Å². The van der Waals surface area contributed by atoms with Crippen molar-refractivity contribution in [2.24, 2.45) is 4.99 Å². The molecule has 5 nitrogen and oxygen atoms in total. The fraction of sp³-hybridized carbons (Fsp3) is 0.273. The van der Waals surface area contributed by atoms with Gasteiger partial charge in [-0.3, -0.25) is 4.79 Å². The first kappa shape index (κ1) is 18.6. The summed E-state index contributed by atoms with van der Waals surface area (Å²) < 4.78 is 5.18. The van der Waals surface area contributed by atoms with Crippen LogP contribution in [0.15, 0.2) is 58.4 Å². The Morgan fingerprint density at radius 2 is 1.61 bits per heavy atom. The molecule has 1 fully saturated rings. The van der Waals surface area contributed by atoms with Crippen molar-refractivity contribution >= 4 is 34.6 Å². The Bertz CT molecular complexity index is 912. The van der Waals surface area contributed by atoms with Gasteiger partial charge in [0.15, 0.2) is 5.17 Å². The van der Waals surface area contributed by atoms with E-state index in [1.807, 2.05) is 30.3 Å². The number of amides is 1. The first-order valence-corrected chi connectivity index (χ1v) is 10.2. The van der Waals surface area contributed by atoms with Crippen LogP contribution in [0.2, 0.25) is 0 Å². The lowest BCUT2D eigenvalue weighted by Crippen LogP contribution is -2.47. The third-order valence-corrected chi connectivity index (χ3v) is 6.02. The lowest BCUT2D eigenvalue weighted by molar-refractivity contribution is -0.113. The molecular formula is C22H23N3O2S. The highest BCUT2D eigenvalue weighted by molar-refractivity contribution is 8.18. The topological polar surface area (TPSA) is 45.1 Å². The maximum Gasteiger partial charge on any atom is 0.286 e. The molecule has 28 heavy (non-hydrogen) atoms. The number of thioether (sulfide) groups is 1. The van der Waals surface area contributed by atoms with E-state index in [4.69, 9.17) is 4.74 Å². The van der Waals surface area contributed by atoms with Crippen molar-refractivity contribution in [1.82, 2.24) is 4.90 Å². The number of ether oxygens (including phenoxy) is 1. The molecule has 2 heterocycles. The van der Waals surface area contributed by atoms with Crippen LogP contribution in [-0.2, 0) is 4.79 Å². The van der Waals surface area contributed by atoms with E-state index in [1.165, 1.54) is 23.0 Å². The molecule has 1 saturated heterocycles. The van der Waals surface area contributed by atoms with E-state index in [-0.39, 0.29) is 5.91 Å².